The Morgan fingerprint density at radius 3 is 2.12 bits per heavy atom. The second kappa shape index (κ2) is 22.3. The molecule has 0 radical (unpaired) electrons. The van der Waals surface area contributed by atoms with Gasteiger partial charge in [0.05, 0.1) is 23.9 Å². The van der Waals surface area contributed by atoms with Gasteiger partial charge >= 0.3 is 12.2 Å². The van der Waals surface area contributed by atoms with E-state index in [1.807, 2.05) is 66.7 Å². The first-order valence-corrected chi connectivity index (χ1v) is 22.9. The van der Waals surface area contributed by atoms with Crippen molar-refractivity contribution in [1.82, 2.24) is 31.2 Å². The molecule has 1 aliphatic heterocycles. The summed E-state index contributed by atoms with van der Waals surface area (Å²) in [6.07, 6.45) is 0.647. The van der Waals surface area contributed by atoms with Gasteiger partial charge in [0, 0.05) is 42.4 Å². The van der Waals surface area contributed by atoms with Crippen LogP contribution in [0.4, 0.5) is 9.59 Å². The van der Waals surface area contributed by atoms with Crippen LogP contribution in [0, 0.1) is 0 Å². The van der Waals surface area contributed by atoms with Crippen LogP contribution in [0.3, 0.4) is 0 Å². The molecule has 0 aliphatic carbocycles. The number of benzene rings is 3. The summed E-state index contributed by atoms with van der Waals surface area (Å²) in [6.45, 7) is 9.80. The molecule has 1 saturated heterocycles. The number of unbranched alkanes of at least 4 members (excludes halogenated alkanes) is 1. The highest BCUT2D eigenvalue weighted by atomic mass is 32.2. The van der Waals surface area contributed by atoms with Gasteiger partial charge in [0.1, 0.15) is 17.2 Å². The summed E-state index contributed by atoms with van der Waals surface area (Å²) in [5, 5.41) is 14.1. The first-order valence-electron chi connectivity index (χ1n) is 21.7. The maximum Gasteiger partial charge on any atom is 0.408 e. The van der Waals surface area contributed by atoms with Gasteiger partial charge < -0.3 is 52.1 Å². The molecule has 4 aromatic rings. The molecule has 1 aromatic heterocycles. The Morgan fingerprint density at radius 2 is 1.46 bits per heavy atom. The van der Waals surface area contributed by atoms with E-state index < -0.39 is 89.4 Å². The Kier molecular flexibility index (Phi) is 17.1. The van der Waals surface area contributed by atoms with E-state index in [2.05, 4.69) is 26.3 Å². The molecule has 5 rings (SSSR count). The summed E-state index contributed by atoms with van der Waals surface area (Å²) in [6, 6.07) is 13.7. The number of nitrogens with zero attached hydrogens (tertiary/aromatic N) is 1. The number of ether oxygens (including phenoxy) is 2. The minimum atomic E-state index is -2.03. The number of amides is 5. The van der Waals surface area contributed by atoms with Crippen LogP contribution in [0.25, 0.3) is 21.7 Å². The Morgan fingerprint density at radius 1 is 0.831 bits per heavy atom. The highest BCUT2D eigenvalue weighted by molar-refractivity contribution is 8.00. The van der Waals surface area contributed by atoms with Gasteiger partial charge in [-0.15, -0.1) is 11.8 Å². The maximum atomic E-state index is 14.9. The molecular formula is C47H62N8O9S. The predicted molar refractivity (Wildman–Crippen MR) is 250 cm³/mol. The van der Waals surface area contributed by atoms with Crippen LogP contribution in [0.15, 0.2) is 72.9 Å². The number of carbonyl (C=O) groups excluding carboxylic acids is 7. The lowest BCUT2D eigenvalue weighted by Crippen LogP contribution is -2.64. The number of nitrogens with two attached hydrogens (primary N) is 2. The third-order valence-corrected chi connectivity index (χ3v) is 11.6. The SMILES string of the molecule is CC(C)(C)OC(=O)N[C@@H](Cc1c[nH]c2ccccc12)C(=O)C(C(N)=O)N1CC(C(=O)[C@@H](CCCCN)NC(=O)OC(C)(C)C)NC(=O)C(NCc2cccc3ccccc23)CSCC1=O. The second-order valence-corrected chi connectivity index (χ2v) is 19.1. The number of thioether (sulfide) groups is 1. The third-order valence-electron chi connectivity index (χ3n) is 10.6. The summed E-state index contributed by atoms with van der Waals surface area (Å²) in [5.41, 5.74) is 12.2. The Bertz CT molecular complexity index is 2350. The number of para-hydroxylation sites is 1. The van der Waals surface area contributed by atoms with Crippen molar-refractivity contribution in [3.8, 4) is 0 Å². The first kappa shape index (κ1) is 50.0. The molecular weight excluding hydrogens is 853 g/mol. The number of rotatable bonds is 17. The Labute approximate surface area is 383 Å². The zero-order valence-electron chi connectivity index (χ0n) is 37.9. The Hall–Kier alpha value is -5.98. The van der Waals surface area contributed by atoms with Crippen LogP contribution >= 0.6 is 11.8 Å². The minimum Gasteiger partial charge on any atom is -0.444 e. The van der Waals surface area contributed by atoms with Gasteiger partial charge in [-0.25, -0.2) is 9.59 Å². The standard InChI is InChI=1S/C47H62N8O9S/c1-46(2,3)63-44(61)53-34(20-11-12-21-48)40(57)36-25-55(38(56)27-65-26-37(43(60)52-36)51-23-29-16-13-15-28-14-7-8-17-31(28)29)39(42(49)59)41(58)35(54-45(62)64-47(4,5)6)22-30-24-50-33-19-10-9-18-32(30)33/h7-10,13-19,24,34-37,39,50-51H,11-12,20-23,25-27,48H2,1-6H3,(H2,49,59)(H,52,60)(H,53,61)(H,54,62)/t34-,35+,36?,37?,39?/m1/s1. The topological polar surface area (TPSA) is 257 Å². The molecule has 5 amide bonds. The highest BCUT2D eigenvalue weighted by Crippen LogP contribution is 2.23. The average molecular weight is 915 g/mol. The fourth-order valence-corrected chi connectivity index (χ4v) is 8.55. The second-order valence-electron chi connectivity index (χ2n) is 18.0. The molecule has 350 valence electrons. The largest absolute Gasteiger partial charge is 0.444 e. The molecule has 0 spiro atoms. The fraction of sp³-hybridized carbons (Fsp3) is 0.468. The molecule has 0 saturated carbocycles. The number of carbonyl (C=O) groups is 7. The first-order chi connectivity index (χ1) is 30.7. The Balaban J connectivity index is 1.53. The molecule has 5 atom stereocenters. The van der Waals surface area contributed by atoms with Gasteiger partial charge in [-0.1, -0.05) is 60.7 Å². The lowest BCUT2D eigenvalue weighted by atomic mass is 9.94. The molecule has 1 fully saturated rings. The van der Waals surface area contributed by atoms with Crippen molar-refractivity contribution in [2.75, 3.05) is 24.6 Å². The summed E-state index contributed by atoms with van der Waals surface area (Å²) in [7, 11) is 0. The quantitative estimate of drug-likeness (QED) is 0.0587. The number of ketones is 2. The molecule has 3 aromatic carbocycles. The van der Waals surface area contributed by atoms with E-state index in [4.69, 9.17) is 20.9 Å². The number of aromatic nitrogens is 1. The van der Waals surface area contributed by atoms with Crippen LogP contribution in [0.5, 0.6) is 0 Å². The zero-order valence-corrected chi connectivity index (χ0v) is 38.7. The predicted octanol–water partition coefficient (Wildman–Crippen LogP) is 3.99. The van der Waals surface area contributed by atoms with Gasteiger partial charge in [0.25, 0.3) is 0 Å². The van der Waals surface area contributed by atoms with Crippen molar-refractivity contribution in [1.29, 1.82) is 0 Å². The summed E-state index contributed by atoms with van der Waals surface area (Å²) in [5.74, 6) is -4.53. The number of primary amides is 1. The normalized spacial score (nSPS) is 17.7. The van der Waals surface area contributed by atoms with Crippen LogP contribution in [-0.4, -0.2) is 117 Å². The summed E-state index contributed by atoms with van der Waals surface area (Å²) >= 11 is 1.09. The number of fused-ring (bicyclic) bond motifs is 2. The van der Waals surface area contributed by atoms with Crippen LogP contribution < -0.4 is 32.7 Å². The van der Waals surface area contributed by atoms with E-state index in [9.17, 15) is 33.6 Å². The van der Waals surface area contributed by atoms with E-state index in [-0.39, 0.29) is 30.9 Å². The molecule has 9 N–H and O–H groups in total. The van der Waals surface area contributed by atoms with Crippen molar-refractivity contribution in [2.45, 2.75) is 115 Å². The molecule has 2 heterocycles. The van der Waals surface area contributed by atoms with E-state index in [0.717, 1.165) is 43.9 Å². The maximum absolute atomic E-state index is 14.9. The van der Waals surface area contributed by atoms with Crippen LogP contribution in [0.1, 0.15) is 71.9 Å². The van der Waals surface area contributed by atoms with E-state index in [1.165, 1.54) is 0 Å². The summed E-state index contributed by atoms with van der Waals surface area (Å²) < 4.78 is 11.0. The molecule has 1 aliphatic rings. The number of Topliss-reactive ketones (excluding diaryl/α,β-unsaturated/α-hetero) is 2. The lowest BCUT2D eigenvalue weighted by Gasteiger charge is -2.36. The third kappa shape index (κ3) is 14.3. The van der Waals surface area contributed by atoms with Gasteiger partial charge in [-0.05, 0) is 95.3 Å². The molecule has 18 heteroatoms. The average Bonchev–Trinajstić information content (AvgIpc) is 3.64. The van der Waals surface area contributed by atoms with Crippen molar-refractivity contribution in [3.05, 3.63) is 84.1 Å². The lowest BCUT2D eigenvalue weighted by molar-refractivity contribution is -0.146. The van der Waals surface area contributed by atoms with Crippen molar-refractivity contribution >= 4 is 74.9 Å². The fourth-order valence-electron chi connectivity index (χ4n) is 7.58. The molecule has 17 nitrogen and oxygen atoms in total. The van der Waals surface area contributed by atoms with E-state index >= 15 is 0 Å². The number of H-pyrrole nitrogens is 1. The van der Waals surface area contributed by atoms with E-state index in [1.54, 1.807) is 47.7 Å². The number of hydrogen-bond acceptors (Lipinski definition) is 12. The smallest absolute Gasteiger partial charge is 0.408 e. The van der Waals surface area contributed by atoms with Crippen LogP contribution in [0.2, 0.25) is 0 Å². The van der Waals surface area contributed by atoms with Crippen molar-refractivity contribution < 1.29 is 43.0 Å². The van der Waals surface area contributed by atoms with Crippen molar-refractivity contribution in [2.24, 2.45) is 11.5 Å². The van der Waals surface area contributed by atoms with Gasteiger partial charge in [-0.3, -0.25) is 24.0 Å². The minimum absolute atomic E-state index is 0.0474. The monoisotopic (exact) mass is 914 g/mol. The number of hydrogen-bond donors (Lipinski definition) is 7. The highest BCUT2D eigenvalue weighted by Gasteiger charge is 2.43. The molecule has 65 heavy (non-hydrogen) atoms. The number of alkyl carbamates (subject to hydrolysis) is 2. The van der Waals surface area contributed by atoms with Gasteiger partial charge in [-0.2, -0.15) is 0 Å². The number of aromatic amines is 1. The summed E-state index contributed by atoms with van der Waals surface area (Å²) in [4.78, 5) is 103. The van der Waals surface area contributed by atoms with Gasteiger partial charge in [0.2, 0.25) is 17.7 Å². The van der Waals surface area contributed by atoms with E-state index in [0.29, 0.717) is 24.9 Å². The molecule has 3 unspecified atom stereocenters. The van der Waals surface area contributed by atoms with Crippen molar-refractivity contribution in [3.63, 3.8) is 0 Å². The zero-order chi connectivity index (χ0) is 47.5. The number of nitrogens with one attached hydrogen (secondary N) is 5. The van der Waals surface area contributed by atoms with Crippen LogP contribution in [-0.2, 0) is 46.4 Å². The van der Waals surface area contributed by atoms with Gasteiger partial charge in [0.15, 0.2) is 17.6 Å². The molecule has 0 bridgehead atoms.